The second kappa shape index (κ2) is 7.31. The molecule has 0 bridgehead atoms. The Bertz CT molecular complexity index is 489. The molecule has 2 atom stereocenters. The van der Waals surface area contributed by atoms with E-state index >= 15 is 0 Å². The van der Waals surface area contributed by atoms with E-state index in [-0.39, 0.29) is 12.0 Å². The van der Waals surface area contributed by atoms with Gasteiger partial charge in [0.15, 0.2) is 11.5 Å². The Morgan fingerprint density at radius 3 is 2.81 bits per heavy atom. The van der Waals surface area contributed by atoms with Gasteiger partial charge in [0.05, 0.1) is 19.8 Å². The van der Waals surface area contributed by atoms with Crippen LogP contribution in [0.15, 0.2) is 18.2 Å². The molecule has 0 aromatic heterocycles. The van der Waals surface area contributed by atoms with Gasteiger partial charge in [-0.25, -0.2) is 0 Å². The van der Waals surface area contributed by atoms with Gasteiger partial charge in [0, 0.05) is 12.1 Å². The second-order valence-electron chi connectivity index (χ2n) is 5.34. The van der Waals surface area contributed by atoms with Gasteiger partial charge in [-0.1, -0.05) is 0 Å². The van der Waals surface area contributed by atoms with E-state index in [0.717, 1.165) is 19.3 Å². The summed E-state index contributed by atoms with van der Waals surface area (Å²) in [5.41, 5.74) is 0.554. The van der Waals surface area contributed by atoms with Crippen LogP contribution in [0, 0.1) is 5.92 Å². The maximum atomic E-state index is 12.2. The maximum Gasteiger partial charge on any atom is 0.251 e. The summed E-state index contributed by atoms with van der Waals surface area (Å²) in [5, 5.41) is 12.4. The molecule has 1 amide bonds. The van der Waals surface area contributed by atoms with E-state index in [1.807, 2.05) is 6.92 Å². The van der Waals surface area contributed by atoms with E-state index in [9.17, 15) is 9.90 Å². The van der Waals surface area contributed by atoms with Crippen molar-refractivity contribution in [2.75, 3.05) is 20.3 Å². The number of aliphatic hydroxyl groups is 1. The van der Waals surface area contributed by atoms with Crippen molar-refractivity contribution in [2.24, 2.45) is 5.92 Å². The summed E-state index contributed by atoms with van der Waals surface area (Å²) < 4.78 is 10.7. The van der Waals surface area contributed by atoms with Gasteiger partial charge in [-0.2, -0.15) is 0 Å². The van der Waals surface area contributed by atoms with Crippen LogP contribution in [-0.4, -0.2) is 37.4 Å². The minimum atomic E-state index is -0.211. The third-order valence-corrected chi connectivity index (χ3v) is 3.79. The molecule has 2 N–H and O–H groups in total. The van der Waals surface area contributed by atoms with Gasteiger partial charge in [-0.3, -0.25) is 4.79 Å². The van der Waals surface area contributed by atoms with Crippen LogP contribution in [-0.2, 0) is 0 Å². The highest BCUT2D eigenvalue weighted by molar-refractivity contribution is 5.94. The Labute approximate surface area is 125 Å². The monoisotopic (exact) mass is 293 g/mol. The third kappa shape index (κ3) is 4.11. The number of carbonyl (C=O) groups excluding carboxylic acids is 1. The van der Waals surface area contributed by atoms with Crippen molar-refractivity contribution in [2.45, 2.75) is 32.3 Å². The zero-order chi connectivity index (χ0) is 15.2. The van der Waals surface area contributed by atoms with E-state index in [1.165, 1.54) is 0 Å². The average Bonchev–Trinajstić information content (AvgIpc) is 2.90. The largest absolute Gasteiger partial charge is 0.493 e. The number of amides is 1. The number of nitrogens with one attached hydrogen (secondary N) is 1. The lowest BCUT2D eigenvalue weighted by molar-refractivity contribution is 0.0944. The van der Waals surface area contributed by atoms with Crippen molar-refractivity contribution in [3.63, 3.8) is 0 Å². The number of carbonyl (C=O) groups is 1. The van der Waals surface area contributed by atoms with Crippen molar-refractivity contribution >= 4 is 5.91 Å². The van der Waals surface area contributed by atoms with Crippen molar-refractivity contribution in [1.82, 2.24) is 5.32 Å². The molecule has 116 valence electrons. The molecule has 0 spiro atoms. The van der Waals surface area contributed by atoms with Crippen LogP contribution in [0.2, 0.25) is 0 Å². The molecular formula is C16H23NO4. The maximum absolute atomic E-state index is 12.2. The number of hydrogen-bond donors (Lipinski definition) is 2. The number of methoxy groups -OCH3 is 1. The molecule has 5 nitrogen and oxygen atoms in total. The van der Waals surface area contributed by atoms with Crippen molar-refractivity contribution < 1.29 is 19.4 Å². The van der Waals surface area contributed by atoms with Crippen LogP contribution >= 0.6 is 0 Å². The summed E-state index contributed by atoms with van der Waals surface area (Å²) in [7, 11) is 1.57. The van der Waals surface area contributed by atoms with E-state index < -0.39 is 0 Å². The van der Waals surface area contributed by atoms with Gasteiger partial charge < -0.3 is 19.9 Å². The molecule has 0 aliphatic heterocycles. The molecular weight excluding hydrogens is 270 g/mol. The zero-order valence-corrected chi connectivity index (χ0v) is 12.6. The summed E-state index contributed by atoms with van der Waals surface area (Å²) in [6.45, 7) is 3.00. The lowest BCUT2D eigenvalue weighted by atomic mass is 10.1. The molecule has 0 heterocycles. The van der Waals surface area contributed by atoms with E-state index in [4.69, 9.17) is 9.47 Å². The molecule has 0 radical (unpaired) electrons. The number of benzene rings is 1. The summed E-state index contributed by atoms with van der Waals surface area (Å²) in [6, 6.07) is 5.15. The highest BCUT2D eigenvalue weighted by atomic mass is 16.5. The van der Waals surface area contributed by atoms with Crippen LogP contribution < -0.4 is 14.8 Å². The molecule has 0 saturated heterocycles. The fourth-order valence-corrected chi connectivity index (χ4v) is 2.66. The molecule has 1 aromatic rings. The minimum Gasteiger partial charge on any atom is -0.493 e. The van der Waals surface area contributed by atoms with Gasteiger partial charge in [0.2, 0.25) is 0 Å². The molecule has 1 saturated carbocycles. The summed E-state index contributed by atoms with van der Waals surface area (Å²) in [5.74, 6) is 1.44. The van der Waals surface area contributed by atoms with Crippen molar-refractivity contribution in [3.8, 4) is 11.5 Å². The second-order valence-corrected chi connectivity index (χ2v) is 5.34. The Hall–Kier alpha value is -1.75. The Morgan fingerprint density at radius 1 is 1.38 bits per heavy atom. The topological polar surface area (TPSA) is 67.8 Å². The van der Waals surface area contributed by atoms with Crippen molar-refractivity contribution in [1.29, 1.82) is 0 Å². The fourth-order valence-electron chi connectivity index (χ4n) is 2.66. The van der Waals surface area contributed by atoms with Crippen LogP contribution in [0.5, 0.6) is 11.5 Å². The SMILES string of the molecule is CCOc1cc(C(=O)NCC2CCC(O)C2)ccc1OC. The predicted octanol–water partition coefficient (Wildman–Crippen LogP) is 1.98. The molecule has 5 heteroatoms. The van der Waals surface area contributed by atoms with Crippen molar-refractivity contribution in [3.05, 3.63) is 23.8 Å². The number of ether oxygens (including phenoxy) is 2. The summed E-state index contributed by atoms with van der Waals surface area (Å²) in [4.78, 5) is 12.2. The first-order chi connectivity index (χ1) is 10.1. The first-order valence-corrected chi connectivity index (χ1v) is 7.41. The number of aliphatic hydroxyl groups excluding tert-OH is 1. The lowest BCUT2D eigenvalue weighted by Gasteiger charge is -2.13. The van der Waals surface area contributed by atoms with E-state index in [1.54, 1.807) is 25.3 Å². The standard InChI is InChI=1S/C16H23NO4/c1-3-21-15-9-12(5-7-14(15)20-2)16(19)17-10-11-4-6-13(18)8-11/h5,7,9,11,13,18H,3-4,6,8,10H2,1-2H3,(H,17,19). The van der Waals surface area contributed by atoms with E-state index in [2.05, 4.69) is 5.32 Å². The molecule has 2 unspecified atom stereocenters. The Kier molecular flexibility index (Phi) is 5.44. The molecule has 1 aromatic carbocycles. The van der Waals surface area contributed by atoms with Crippen LogP contribution in [0.1, 0.15) is 36.5 Å². The first-order valence-electron chi connectivity index (χ1n) is 7.41. The van der Waals surface area contributed by atoms with Gasteiger partial charge in [-0.15, -0.1) is 0 Å². The number of rotatable bonds is 6. The first kappa shape index (κ1) is 15.6. The highest BCUT2D eigenvalue weighted by Gasteiger charge is 2.23. The van der Waals surface area contributed by atoms with Crippen LogP contribution in [0.3, 0.4) is 0 Å². The summed E-state index contributed by atoms with van der Waals surface area (Å²) in [6.07, 6.45) is 2.36. The third-order valence-electron chi connectivity index (χ3n) is 3.79. The Balaban J connectivity index is 1.96. The molecule has 2 rings (SSSR count). The Morgan fingerprint density at radius 2 is 2.19 bits per heavy atom. The normalized spacial score (nSPS) is 21.1. The zero-order valence-electron chi connectivity index (χ0n) is 12.6. The average molecular weight is 293 g/mol. The van der Waals surface area contributed by atoms with Gasteiger partial charge in [-0.05, 0) is 50.3 Å². The minimum absolute atomic E-state index is 0.125. The van der Waals surface area contributed by atoms with Gasteiger partial charge >= 0.3 is 0 Å². The van der Waals surface area contributed by atoms with Crippen LogP contribution in [0.25, 0.3) is 0 Å². The van der Waals surface area contributed by atoms with Gasteiger partial charge in [0.25, 0.3) is 5.91 Å². The smallest absolute Gasteiger partial charge is 0.251 e. The lowest BCUT2D eigenvalue weighted by Crippen LogP contribution is -2.28. The predicted molar refractivity (Wildman–Crippen MR) is 79.8 cm³/mol. The summed E-state index contributed by atoms with van der Waals surface area (Å²) >= 11 is 0. The molecule has 1 fully saturated rings. The molecule has 1 aliphatic rings. The van der Waals surface area contributed by atoms with Gasteiger partial charge in [0.1, 0.15) is 0 Å². The fraction of sp³-hybridized carbons (Fsp3) is 0.562. The quantitative estimate of drug-likeness (QED) is 0.841. The molecule has 1 aliphatic carbocycles. The number of hydrogen-bond acceptors (Lipinski definition) is 4. The van der Waals surface area contributed by atoms with E-state index in [0.29, 0.717) is 36.1 Å². The highest BCUT2D eigenvalue weighted by Crippen LogP contribution is 2.28. The van der Waals surface area contributed by atoms with Crippen LogP contribution in [0.4, 0.5) is 0 Å². The molecule has 21 heavy (non-hydrogen) atoms.